The molecule has 0 heteroatoms. The highest BCUT2D eigenvalue weighted by Crippen LogP contribution is 2.14. The third-order valence-corrected chi connectivity index (χ3v) is 1.81. The summed E-state index contributed by atoms with van der Waals surface area (Å²) in [6.45, 7) is 0. The topological polar surface area (TPSA) is 0 Å². The van der Waals surface area contributed by atoms with Crippen LogP contribution in [0.2, 0.25) is 0 Å². The molecule has 2 radical (unpaired) electrons. The Kier molecular flexibility index (Phi) is 1.31. The molecule has 0 fully saturated rings. The van der Waals surface area contributed by atoms with Crippen LogP contribution in [0.4, 0.5) is 0 Å². The molecular weight excluding hydrogens is 120 g/mol. The van der Waals surface area contributed by atoms with E-state index in [2.05, 4.69) is 30.4 Å². The maximum Gasteiger partial charge on any atom is -0.00232 e. The second kappa shape index (κ2) is 2.30. The van der Waals surface area contributed by atoms with Gasteiger partial charge in [0.1, 0.15) is 0 Å². The first-order chi connectivity index (χ1) is 4.97. The number of benzene rings is 1. The second-order valence-electron chi connectivity index (χ2n) is 2.48. The Morgan fingerprint density at radius 3 is 3.20 bits per heavy atom. The number of hydrogen-bond acceptors (Lipinski definition) is 0. The van der Waals surface area contributed by atoms with Gasteiger partial charge in [-0.3, -0.25) is 0 Å². The van der Waals surface area contributed by atoms with Crippen molar-refractivity contribution in [3.05, 3.63) is 47.5 Å². The van der Waals surface area contributed by atoms with Crippen molar-refractivity contribution in [2.45, 2.75) is 12.8 Å². The van der Waals surface area contributed by atoms with Gasteiger partial charge < -0.3 is 0 Å². The van der Waals surface area contributed by atoms with Gasteiger partial charge in [-0.25, -0.2) is 0 Å². The van der Waals surface area contributed by atoms with Crippen molar-refractivity contribution in [1.82, 2.24) is 0 Å². The minimum atomic E-state index is 0.976. The van der Waals surface area contributed by atoms with E-state index in [1.165, 1.54) is 11.1 Å². The largest absolute Gasteiger partial charge is 0.0763 e. The second-order valence-corrected chi connectivity index (χ2v) is 2.48. The molecular formula is C10H8. The van der Waals surface area contributed by atoms with Gasteiger partial charge >= 0.3 is 0 Å². The van der Waals surface area contributed by atoms with Crippen LogP contribution < -0.4 is 0 Å². The Morgan fingerprint density at radius 1 is 1.30 bits per heavy atom. The Hall–Kier alpha value is -1.04. The Bertz CT molecular complexity index is 231. The number of hydrogen-bond donors (Lipinski definition) is 0. The molecule has 0 aliphatic heterocycles. The van der Waals surface area contributed by atoms with Crippen LogP contribution in [0.1, 0.15) is 11.1 Å². The fourth-order valence-corrected chi connectivity index (χ4v) is 1.22. The van der Waals surface area contributed by atoms with Gasteiger partial charge in [-0.1, -0.05) is 24.3 Å². The SMILES string of the molecule is [C]1=CCc2c[c]ccc2C1. The summed E-state index contributed by atoms with van der Waals surface area (Å²) in [5.41, 5.74) is 2.81. The lowest BCUT2D eigenvalue weighted by Crippen LogP contribution is -1.95. The molecule has 0 saturated carbocycles. The molecule has 1 aliphatic carbocycles. The summed E-state index contributed by atoms with van der Waals surface area (Å²) in [6, 6.07) is 9.22. The molecule has 48 valence electrons. The van der Waals surface area contributed by atoms with Gasteiger partial charge in [0.15, 0.2) is 0 Å². The zero-order valence-electron chi connectivity index (χ0n) is 5.72. The highest BCUT2D eigenvalue weighted by molar-refractivity contribution is 5.31. The van der Waals surface area contributed by atoms with Gasteiger partial charge in [0.05, 0.1) is 0 Å². The number of fused-ring (bicyclic) bond motifs is 1. The van der Waals surface area contributed by atoms with Crippen molar-refractivity contribution in [3.63, 3.8) is 0 Å². The fraction of sp³-hybridized carbons (Fsp3) is 0.200. The van der Waals surface area contributed by atoms with Crippen molar-refractivity contribution in [2.24, 2.45) is 0 Å². The summed E-state index contributed by atoms with van der Waals surface area (Å²) in [4.78, 5) is 0. The van der Waals surface area contributed by atoms with Crippen LogP contribution in [0.25, 0.3) is 0 Å². The molecule has 0 heterocycles. The van der Waals surface area contributed by atoms with Crippen molar-refractivity contribution in [3.8, 4) is 0 Å². The lowest BCUT2D eigenvalue weighted by molar-refractivity contribution is 1.07. The van der Waals surface area contributed by atoms with Crippen molar-refractivity contribution in [2.75, 3.05) is 0 Å². The van der Waals surface area contributed by atoms with E-state index in [9.17, 15) is 0 Å². The van der Waals surface area contributed by atoms with E-state index in [-0.39, 0.29) is 0 Å². The molecule has 0 aromatic heterocycles. The molecule has 10 heavy (non-hydrogen) atoms. The normalized spacial score (nSPS) is 14.8. The molecule has 0 spiro atoms. The van der Waals surface area contributed by atoms with Crippen LogP contribution in [0.5, 0.6) is 0 Å². The van der Waals surface area contributed by atoms with Crippen LogP contribution in [-0.4, -0.2) is 0 Å². The lowest BCUT2D eigenvalue weighted by Gasteiger charge is -2.07. The van der Waals surface area contributed by atoms with Crippen LogP contribution in [0, 0.1) is 12.1 Å². The van der Waals surface area contributed by atoms with Crippen molar-refractivity contribution >= 4 is 0 Å². The van der Waals surface area contributed by atoms with Gasteiger partial charge in [0.2, 0.25) is 0 Å². The van der Waals surface area contributed by atoms with E-state index < -0.39 is 0 Å². The standard InChI is InChI=1S/C10H8/c1-2-6-10-8-4-3-7-9(10)5-1/h1,4-6H,7-8H2. The molecule has 1 aromatic rings. The van der Waals surface area contributed by atoms with Crippen LogP contribution >= 0.6 is 0 Å². The van der Waals surface area contributed by atoms with Gasteiger partial charge in [0, 0.05) is 0 Å². The Morgan fingerprint density at radius 2 is 2.30 bits per heavy atom. The van der Waals surface area contributed by atoms with E-state index in [1.54, 1.807) is 0 Å². The average Bonchev–Trinajstić information content (AvgIpc) is 2.05. The van der Waals surface area contributed by atoms with Crippen LogP contribution in [-0.2, 0) is 12.8 Å². The zero-order chi connectivity index (χ0) is 6.81. The summed E-state index contributed by atoms with van der Waals surface area (Å²) in [5.74, 6) is 0. The highest BCUT2D eigenvalue weighted by Gasteiger charge is 2.01. The summed E-state index contributed by atoms with van der Waals surface area (Å²) >= 11 is 0. The van der Waals surface area contributed by atoms with Crippen molar-refractivity contribution in [1.29, 1.82) is 0 Å². The Labute approximate surface area is 61.2 Å². The summed E-state index contributed by atoms with van der Waals surface area (Å²) < 4.78 is 0. The Balaban J connectivity index is 2.47. The van der Waals surface area contributed by atoms with Gasteiger partial charge in [-0.15, -0.1) is 0 Å². The lowest BCUT2D eigenvalue weighted by atomic mass is 9.97. The van der Waals surface area contributed by atoms with Crippen LogP contribution in [0.15, 0.2) is 24.3 Å². The monoisotopic (exact) mass is 128 g/mol. The first-order valence-corrected chi connectivity index (χ1v) is 3.50. The highest BCUT2D eigenvalue weighted by atomic mass is 14.1. The van der Waals surface area contributed by atoms with E-state index in [0.29, 0.717) is 0 Å². The predicted molar refractivity (Wildman–Crippen MR) is 40.5 cm³/mol. The quantitative estimate of drug-likeness (QED) is 0.501. The van der Waals surface area contributed by atoms with Gasteiger partial charge in [0.25, 0.3) is 0 Å². The predicted octanol–water partition coefficient (Wildman–Crippen LogP) is 1.94. The third-order valence-electron chi connectivity index (χ3n) is 1.81. The van der Waals surface area contributed by atoms with Gasteiger partial charge in [-0.05, 0) is 36.1 Å². The van der Waals surface area contributed by atoms with E-state index in [1.807, 2.05) is 6.07 Å². The first-order valence-electron chi connectivity index (χ1n) is 3.50. The maximum absolute atomic E-state index is 3.20. The summed E-state index contributed by atoms with van der Waals surface area (Å²) in [5, 5.41) is 0. The molecule has 0 unspecified atom stereocenters. The molecule has 0 saturated heterocycles. The van der Waals surface area contributed by atoms with Crippen molar-refractivity contribution < 1.29 is 0 Å². The smallest absolute Gasteiger partial charge is 0.00232 e. The molecule has 0 bridgehead atoms. The summed E-state index contributed by atoms with van der Waals surface area (Å²) in [6.07, 6.45) is 7.31. The first kappa shape index (κ1) is 5.72. The van der Waals surface area contributed by atoms with E-state index in [4.69, 9.17) is 0 Å². The van der Waals surface area contributed by atoms with Crippen LogP contribution in [0.3, 0.4) is 0 Å². The molecule has 0 amide bonds. The molecule has 0 N–H and O–H groups in total. The molecule has 0 atom stereocenters. The number of rotatable bonds is 0. The van der Waals surface area contributed by atoms with E-state index in [0.717, 1.165) is 12.8 Å². The van der Waals surface area contributed by atoms with E-state index >= 15 is 0 Å². The minimum Gasteiger partial charge on any atom is -0.0763 e. The number of allylic oxidation sites excluding steroid dienone is 2. The molecule has 0 nitrogen and oxygen atoms in total. The zero-order valence-corrected chi connectivity index (χ0v) is 5.72. The fourth-order valence-electron chi connectivity index (χ4n) is 1.22. The summed E-state index contributed by atoms with van der Waals surface area (Å²) in [7, 11) is 0. The third kappa shape index (κ3) is 0.860. The minimum absolute atomic E-state index is 0.976. The molecule has 1 aliphatic rings. The molecule has 1 aromatic carbocycles. The maximum atomic E-state index is 3.20. The van der Waals surface area contributed by atoms with Gasteiger partial charge in [-0.2, -0.15) is 0 Å². The average molecular weight is 128 g/mol. The molecule has 2 rings (SSSR count).